The molecule has 4 nitrogen and oxygen atoms in total. The third kappa shape index (κ3) is 2.62. The third-order valence-corrected chi connectivity index (χ3v) is 6.15. The summed E-state index contributed by atoms with van der Waals surface area (Å²) in [4.78, 5) is 0.342. The van der Waals surface area contributed by atoms with Crippen LogP contribution in [-0.2, 0) is 10.0 Å². The molecule has 2 rings (SSSR count). The number of nitrogens with two attached hydrogens (primary N) is 1. The van der Waals surface area contributed by atoms with Crippen LogP contribution in [0.25, 0.3) is 0 Å². The monoisotopic (exact) mass is 282 g/mol. The van der Waals surface area contributed by atoms with Crippen LogP contribution in [0.3, 0.4) is 0 Å². The molecule has 5 heteroatoms. The molecule has 1 aromatic rings. The lowest BCUT2D eigenvalue weighted by molar-refractivity contribution is 0.220. The van der Waals surface area contributed by atoms with Crippen molar-refractivity contribution < 1.29 is 8.42 Å². The molecule has 0 spiro atoms. The van der Waals surface area contributed by atoms with Gasteiger partial charge in [0.05, 0.1) is 4.90 Å². The van der Waals surface area contributed by atoms with Crippen molar-refractivity contribution >= 4 is 15.7 Å². The summed E-state index contributed by atoms with van der Waals surface area (Å²) >= 11 is 0. The van der Waals surface area contributed by atoms with E-state index in [1.165, 1.54) is 0 Å². The fourth-order valence-electron chi connectivity index (χ4n) is 2.78. The number of nitrogens with zero attached hydrogens (tertiary/aromatic N) is 1. The lowest BCUT2D eigenvalue weighted by atomic mass is 9.95. The number of piperidine rings is 1. The van der Waals surface area contributed by atoms with E-state index in [1.54, 1.807) is 29.4 Å². The maximum atomic E-state index is 12.7. The van der Waals surface area contributed by atoms with Gasteiger partial charge in [-0.1, -0.05) is 13.0 Å². The van der Waals surface area contributed by atoms with Gasteiger partial charge in [-0.05, 0) is 50.3 Å². The van der Waals surface area contributed by atoms with E-state index in [0.29, 0.717) is 28.6 Å². The first-order valence-corrected chi connectivity index (χ1v) is 8.15. The largest absolute Gasteiger partial charge is 0.398 e. The Labute approximate surface area is 115 Å². The molecule has 0 radical (unpaired) electrons. The fraction of sp³-hybridized carbons (Fsp3) is 0.571. The van der Waals surface area contributed by atoms with Crippen molar-refractivity contribution in [3.8, 4) is 0 Å². The Kier molecular flexibility index (Phi) is 3.87. The second kappa shape index (κ2) is 5.13. The van der Waals surface area contributed by atoms with Crippen molar-refractivity contribution in [3.63, 3.8) is 0 Å². The highest BCUT2D eigenvalue weighted by Gasteiger charge is 2.34. The van der Waals surface area contributed by atoms with Crippen molar-refractivity contribution in [2.45, 2.75) is 44.6 Å². The minimum atomic E-state index is -3.43. The Morgan fingerprint density at radius 2 is 2.00 bits per heavy atom. The first-order valence-electron chi connectivity index (χ1n) is 6.71. The molecule has 0 amide bonds. The van der Waals surface area contributed by atoms with E-state index in [-0.39, 0.29) is 6.04 Å². The van der Waals surface area contributed by atoms with Gasteiger partial charge in [-0.15, -0.1) is 0 Å². The molecule has 0 aliphatic carbocycles. The molecule has 1 fully saturated rings. The summed E-state index contributed by atoms with van der Waals surface area (Å²) in [6.07, 6.45) is 1.84. The Hall–Kier alpha value is -1.07. The first-order chi connectivity index (χ1) is 8.84. The number of hydrogen-bond donors (Lipinski definition) is 1. The van der Waals surface area contributed by atoms with Crippen LogP contribution in [-0.4, -0.2) is 25.3 Å². The summed E-state index contributed by atoms with van der Waals surface area (Å²) in [7, 11) is -3.43. The third-order valence-electron chi connectivity index (χ3n) is 3.99. The standard InChI is InChI=1S/C14H22N2O2S/c1-10-7-8-16(11(2)9-10)19(17,18)14-6-4-5-13(15)12(14)3/h4-6,10-11H,7-9,15H2,1-3H3. The summed E-state index contributed by atoms with van der Waals surface area (Å²) in [6.45, 7) is 6.51. The van der Waals surface area contributed by atoms with Crippen LogP contribution >= 0.6 is 0 Å². The van der Waals surface area contributed by atoms with Crippen molar-refractivity contribution in [2.24, 2.45) is 5.92 Å². The highest BCUT2D eigenvalue weighted by atomic mass is 32.2. The maximum Gasteiger partial charge on any atom is 0.243 e. The zero-order valence-corrected chi connectivity index (χ0v) is 12.6. The molecule has 2 N–H and O–H groups in total. The predicted octanol–water partition coefficient (Wildman–Crippen LogP) is 2.39. The highest BCUT2D eigenvalue weighted by Crippen LogP contribution is 2.30. The number of benzene rings is 1. The highest BCUT2D eigenvalue weighted by molar-refractivity contribution is 7.89. The fourth-order valence-corrected chi connectivity index (χ4v) is 4.69. The van der Waals surface area contributed by atoms with Gasteiger partial charge in [-0.25, -0.2) is 8.42 Å². The van der Waals surface area contributed by atoms with E-state index < -0.39 is 10.0 Å². The Morgan fingerprint density at radius 3 is 2.63 bits per heavy atom. The summed E-state index contributed by atoms with van der Waals surface area (Å²) in [5.74, 6) is 0.586. The quantitative estimate of drug-likeness (QED) is 0.847. The van der Waals surface area contributed by atoms with Gasteiger partial charge in [0.15, 0.2) is 0 Å². The number of sulfonamides is 1. The van der Waals surface area contributed by atoms with Gasteiger partial charge in [0.2, 0.25) is 10.0 Å². The normalized spacial score (nSPS) is 25.4. The zero-order chi connectivity index (χ0) is 14.2. The van der Waals surface area contributed by atoms with E-state index >= 15 is 0 Å². The van der Waals surface area contributed by atoms with Crippen LogP contribution in [0.5, 0.6) is 0 Å². The molecule has 1 heterocycles. The van der Waals surface area contributed by atoms with Crippen LogP contribution in [0.2, 0.25) is 0 Å². The summed E-state index contributed by atoms with van der Waals surface area (Å²) in [6, 6.07) is 5.13. The minimum Gasteiger partial charge on any atom is -0.398 e. The maximum absolute atomic E-state index is 12.7. The van der Waals surface area contributed by atoms with E-state index in [1.807, 2.05) is 6.92 Å². The van der Waals surface area contributed by atoms with Gasteiger partial charge in [0.1, 0.15) is 0 Å². The van der Waals surface area contributed by atoms with Crippen LogP contribution in [0, 0.1) is 12.8 Å². The van der Waals surface area contributed by atoms with E-state index in [9.17, 15) is 8.42 Å². The van der Waals surface area contributed by atoms with Crippen molar-refractivity contribution in [1.82, 2.24) is 4.31 Å². The average molecular weight is 282 g/mol. The van der Waals surface area contributed by atoms with Crippen LogP contribution < -0.4 is 5.73 Å². The van der Waals surface area contributed by atoms with Gasteiger partial charge in [0.25, 0.3) is 0 Å². The molecule has 1 aliphatic rings. The predicted molar refractivity (Wildman–Crippen MR) is 77.3 cm³/mol. The molecular formula is C14H22N2O2S. The number of anilines is 1. The molecule has 1 saturated heterocycles. The average Bonchev–Trinajstić information content (AvgIpc) is 2.31. The lowest BCUT2D eigenvalue weighted by Crippen LogP contribution is -2.44. The number of rotatable bonds is 2. The molecule has 0 saturated carbocycles. The van der Waals surface area contributed by atoms with Crippen molar-refractivity contribution in [3.05, 3.63) is 23.8 Å². The van der Waals surface area contributed by atoms with Gasteiger partial charge >= 0.3 is 0 Å². The molecule has 106 valence electrons. The zero-order valence-electron chi connectivity index (χ0n) is 11.8. The molecule has 0 bridgehead atoms. The van der Waals surface area contributed by atoms with E-state index in [0.717, 1.165) is 12.8 Å². The molecule has 1 aromatic carbocycles. The lowest BCUT2D eigenvalue weighted by Gasteiger charge is -2.35. The molecule has 1 aliphatic heterocycles. The smallest absolute Gasteiger partial charge is 0.243 e. The molecule has 2 unspecified atom stereocenters. The number of hydrogen-bond acceptors (Lipinski definition) is 3. The van der Waals surface area contributed by atoms with E-state index in [4.69, 9.17) is 5.73 Å². The van der Waals surface area contributed by atoms with Crippen LogP contribution in [0.15, 0.2) is 23.1 Å². The summed E-state index contributed by atoms with van der Waals surface area (Å²) < 4.78 is 27.1. The minimum absolute atomic E-state index is 0.0505. The Morgan fingerprint density at radius 1 is 1.32 bits per heavy atom. The second-order valence-corrected chi connectivity index (χ2v) is 7.42. The van der Waals surface area contributed by atoms with E-state index in [2.05, 4.69) is 6.92 Å². The SMILES string of the molecule is Cc1c(N)cccc1S(=O)(=O)N1CCC(C)CC1C. The number of nitrogen functional groups attached to an aromatic ring is 1. The van der Waals surface area contributed by atoms with Gasteiger partial charge in [-0.3, -0.25) is 0 Å². The van der Waals surface area contributed by atoms with Gasteiger partial charge < -0.3 is 5.73 Å². The topological polar surface area (TPSA) is 63.4 Å². The second-order valence-electron chi connectivity index (χ2n) is 5.56. The molecule has 19 heavy (non-hydrogen) atoms. The Bertz CT molecular complexity index is 569. The van der Waals surface area contributed by atoms with Crippen molar-refractivity contribution in [2.75, 3.05) is 12.3 Å². The van der Waals surface area contributed by atoms with Gasteiger partial charge in [-0.2, -0.15) is 4.31 Å². The molecule has 0 aromatic heterocycles. The summed E-state index contributed by atoms with van der Waals surface area (Å²) in [5.41, 5.74) is 6.99. The molecule has 2 atom stereocenters. The summed E-state index contributed by atoms with van der Waals surface area (Å²) in [5, 5.41) is 0. The van der Waals surface area contributed by atoms with Crippen LogP contribution in [0.4, 0.5) is 5.69 Å². The van der Waals surface area contributed by atoms with Crippen LogP contribution in [0.1, 0.15) is 32.3 Å². The molecular weight excluding hydrogens is 260 g/mol. The van der Waals surface area contributed by atoms with Crippen molar-refractivity contribution in [1.29, 1.82) is 0 Å². The first kappa shape index (κ1) is 14.3. The Balaban J connectivity index is 2.40. The van der Waals surface area contributed by atoms with Gasteiger partial charge in [0, 0.05) is 18.3 Å².